The Bertz CT molecular complexity index is 130. The maximum Gasteiger partial charge on any atom is 0.0509 e. The fourth-order valence-corrected chi connectivity index (χ4v) is 1.65. The van der Waals surface area contributed by atoms with Gasteiger partial charge in [0.25, 0.3) is 0 Å². The predicted molar refractivity (Wildman–Crippen MR) is 50.9 cm³/mol. The van der Waals surface area contributed by atoms with Crippen LogP contribution in [0.1, 0.15) is 25.7 Å². The minimum Gasteiger partial charge on any atom is -0.381 e. The summed E-state index contributed by atoms with van der Waals surface area (Å²) in [6.07, 6.45) is 6.42. The van der Waals surface area contributed by atoms with Crippen molar-refractivity contribution in [1.82, 2.24) is 0 Å². The van der Waals surface area contributed by atoms with E-state index in [1.54, 1.807) is 0 Å². The molecule has 2 nitrogen and oxygen atoms in total. The van der Waals surface area contributed by atoms with Crippen molar-refractivity contribution in [1.29, 1.82) is 0 Å². The standard InChI is InChI=1S/C10H19NO/c1-2-3-6-10(11)9-5-4-7-12-8-9/h2,9-10H,1,3-8,11H2. The summed E-state index contributed by atoms with van der Waals surface area (Å²) in [6.45, 7) is 5.47. The molecule has 0 radical (unpaired) electrons. The molecule has 1 aliphatic heterocycles. The van der Waals surface area contributed by atoms with Crippen LogP contribution in [0, 0.1) is 5.92 Å². The van der Waals surface area contributed by atoms with Gasteiger partial charge in [0.15, 0.2) is 0 Å². The molecule has 1 heterocycles. The molecular formula is C10H19NO. The normalized spacial score (nSPS) is 26.6. The van der Waals surface area contributed by atoms with Gasteiger partial charge in [-0.25, -0.2) is 0 Å². The first-order valence-electron chi connectivity index (χ1n) is 4.79. The van der Waals surface area contributed by atoms with Crippen LogP contribution in [-0.2, 0) is 4.74 Å². The Morgan fingerprint density at radius 1 is 1.67 bits per heavy atom. The fraction of sp³-hybridized carbons (Fsp3) is 0.800. The quantitative estimate of drug-likeness (QED) is 0.650. The van der Waals surface area contributed by atoms with Crippen LogP contribution in [0.25, 0.3) is 0 Å². The van der Waals surface area contributed by atoms with Crippen molar-refractivity contribution in [2.45, 2.75) is 31.7 Å². The lowest BCUT2D eigenvalue weighted by Gasteiger charge is -2.27. The van der Waals surface area contributed by atoms with E-state index in [9.17, 15) is 0 Å². The first kappa shape index (κ1) is 9.75. The van der Waals surface area contributed by atoms with Gasteiger partial charge >= 0.3 is 0 Å². The van der Waals surface area contributed by atoms with Crippen molar-refractivity contribution < 1.29 is 4.74 Å². The molecule has 2 atom stereocenters. The number of nitrogens with two attached hydrogens (primary N) is 1. The number of hydrogen-bond acceptors (Lipinski definition) is 2. The summed E-state index contributed by atoms with van der Waals surface area (Å²) >= 11 is 0. The zero-order chi connectivity index (χ0) is 8.81. The minimum absolute atomic E-state index is 0.309. The van der Waals surface area contributed by atoms with E-state index in [4.69, 9.17) is 10.5 Å². The Labute approximate surface area is 74.8 Å². The predicted octanol–water partition coefficient (Wildman–Crippen LogP) is 1.71. The summed E-state index contributed by atoms with van der Waals surface area (Å²) in [6, 6.07) is 0.309. The second-order valence-electron chi connectivity index (χ2n) is 3.51. The second kappa shape index (κ2) is 5.33. The Kier molecular flexibility index (Phi) is 4.33. The maximum absolute atomic E-state index is 6.01. The maximum atomic E-state index is 6.01. The third-order valence-corrected chi connectivity index (χ3v) is 2.51. The van der Waals surface area contributed by atoms with Gasteiger partial charge in [-0.2, -0.15) is 0 Å². The summed E-state index contributed by atoms with van der Waals surface area (Å²) in [5, 5.41) is 0. The van der Waals surface area contributed by atoms with Gasteiger partial charge in [-0.1, -0.05) is 6.08 Å². The lowest BCUT2D eigenvalue weighted by Crippen LogP contribution is -2.35. The van der Waals surface area contributed by atoms with Crippen LogP contribution in [0.2, 0.25) is 0 Å². The average Bonchev–Trinajstić information content (AvgIpc) is 2.15. The Hall–Kier alpha value is -0.340. The van der Waals surface area contributed by atoms with Crippen molar-refractivity contribution >= 4 is 0 Å². The highest BCUT2D eigenvalue weighted by Crippen LogP contribution is 2.18. The zero-order valence-electron chi connectivity index (χ0n) is 7.67. The van der Waals surface area contributed by atoms with Crippen LogP contribution in [0.5, 0.6) is 0 Å². The number of hydrogen-bond donors (Lipinski definition) is 1. The van der Waals surface area contributed by atoms with Crippen molar-refractivity contribution in [2.24, 2.45) is 11.7 Å². The summed E-state index contributed by atoms with van der Waals surface area (Å²) in [5.41, 5.74) is 6.01. The lowest BCUT2D eigenvalue weighted by atomic mass is 9.91. The van der Waals surface area contributed by atoms with E-state index in [-0.39, 0.29) is 0 Å². The van der Waals surface area contributed by atoms with Gasteiger partial charge < -0.3 is 10.5 Å². The van der Waals surface area contributed by atoms with Gasteiger partial charge in [-0.3, -0.25) is 0 Å². The molecule has 1 aliphatic rings. The molecule has 0 saturated carbocycles. The third-order valence-electron chi connectivity index (χ3n) is 2.51. The van der Waals surface area contributed by atoms with Crippen LogP contribution in [-0.4, -0.2) is 19.3 Å². The summed E-state index contributed by atoms with van der Waals surface area (Å²) in [7, 11) is 0. The van der Waals surface area contributed by atoms with Gasteiger partial charge in [-0.15, -0.1) is 6.58 Å². The first-order chi connectivity index (χ1) is 5.84. The second-order valence-corrected chi connectivity index (χ2v) is 3.51. The van der Waals surface area contributed by atoms with Crippen molar-refractivity contribution in [3.63, 3.8) is 0 Å². The highest BCUT2D eigenvalue weighted by atomic mass is 16.5. The molecule has 0 bridgehead atoms. The molecule has 1 fully saturated rings. The molecule has 1 saturated heterocycles. The molecule has 0 aromatic heterocycles. The van der Waals surface area contributed by atoms with Crippen molar-refractivity contribution in [3.05, 3.63) is 12.7 Å². The van der Waals surface area contributed by atoms with Gasteiger partial charge in [0.1, 0.15) is 0 Å². The Balaban J connectivity index is 2.19. The van der Waals surface area contributed by atoms with E-state index in [2.05, 4.69) is 6.58 Å². The topological polar surface area (TPSA) is 35.2 Å². The van der Waals surface area contributed by atoms with E-state index < -0.39 is 0 Å². The molecule has 0 amide bonds. The highest BCUT2D eigenvalue weighted by molar-refractivity contribution is 4.78. The SMILES string of the molecule is C=CCCC(N)C1CCCOC1. The molecule has 1 rings (SSSR count). The van der Waals surface area contributed by atoms with Gasteiger partial charge in [-0.05, 0) is 31.6 Å². The smallest absolute Gasteiger partial charge is 0.0509 e. The molecule has 2 unspecified atom stereocenters. The summed E-state index contributed by atoms with van der Waals surface area (Å²) in [4.78, 5) is 0. The van der Waals surface area contributed by atoms with E-state index in [0.717, 1.165) is 26.1 Å². The summed E-state index contributed by atoms with van der Waals surface area (Å²) < 4.78 is 5.38. The molecule has 2 heteroatoms. The van der Waals surface area contributed by atoms with Crippen molar-refractivity contribution in [2.75, 3.05) is 13.2 Å². The fourth-order valence-electron chi connectivity index (χ4n) is 1.65. The monoisotopic (exact) mass is 169 g/mol. The van der Waals surface area contributed by atoms with Crippen LogP contribution in [0.15, 0.2) is 12.7 Å². The van der Waals surface area contributed by atoms with E-state index in [0.29, 0.717) is 12.0 Å². The molecule has 2 N–H and O–H groups in total. The van der Waals surface area contributed by atoms with Crippen LogP contribution >= 0.6 is 0 Å². The van der Waals surface area contributed by atoms with Gasteiger partial charge in [0.05, 0.1) is 6.61 Å². The molecule has 0 aliphatic carbocycles. The minimum atomic E-state index is 0.309. The average molecular weight is 169 g/mol. The molecular weight excluding hydrogens is 150 g/mol. The van der Waals surface area contributed by atoms with E-state index >= 15 is 0 Å². The molecule has 0 spiro atoms. The lowest BCUT2D eigenvalue weighted by molar-refractivity contribution is 0.0440. The number of allylic oxidation sites excluding steroid dienone is 1. The van der Waals surface area contributed by atoms with E-state index in [1.807, 2.05) is 6.08 Å². The van der Waals surface area contributed by atoms with Crippen LogP contribution in [0.4, 0.5) is 0 Å². The highest BCUT2D eigenvalue weighted by Gasteiger charge is 2.19. The summed E-state index contributed by atoms with van der Waals surface area (Å²) in [5.74, 6) is 0.582. The van der Waals surface area contributed by atoms with Gasteiger partial charge in [0, 0.05) is 12.6 Å². The van der Waals surface area contributed by atoms with Crippen LogP contribution < -0.4 is 5.73 Å². The Morgan fingerprint density at radius 3 is 3.08 bits per heavy atom. The number of rotatable bonds is 4. The Morgan fingerprint density at radius 2 is 2.50 bits per heavy atom. The molecule has 0 aromatic carbocycles. The van der Waals surface area contributed by atoms with Gasteiger partial charge in [0.2, 0.25) is 0 Å². The zero-order valence-corrected chi connectivity index (χ0v) is 7.67. The molecule has 12 heavy (non-hydrogen) atoms. The first-order valence-corrected chi connectivity index (χ1v) is 4.79. The van der Waals surface area contributed by atoms with Crippen molar-refractivity contribution in [3.8, 4) is 0 Å². The molecule has 0 aromatic rings. The van der Waals surface area contributed by atoms with E-state index in [1.165, 1.54) is 12.8 Å². The number of ether oxygens (including phenoxy) is 1. The molecule has 70 valence electrons. The third kappa shape index (κ3) is 2.95. The largest absolute Gasteiger partial charge is 0.381 e. The van der Waals surface area contributed by atoms with Crippen LogP contribution in [0.3, 0.4) is 0 Å².